The van der Waals surface area contributed by atoms with Gasteiger partial charge in [0.1, 0.15) is 0 Å². The highest BCUT2D eigenvalue weighted by atomic mass is 32.1. The molecule has 0 spiro atoms. The highest BCUT2D eigenvalue weighted by Gasteiger charge is 2.17. The summed E-state index contributed by atoms with van der Waals surface area (Å²) >= 11 is 3.80. The molecule has 0 aliphatic rings. The number of hydrogen-bond donors (Lipinski definition) is 0. The maximum atomic E-state index is 2.43. The van der Waals surface area contributed by atoms with Crippen LogP contribution in [-0.4, -0.2) is 0 Å². The summed E-state index contributed by atoms with van der Waals surface area (Å²) < 4.78 is 5.42. The van der Waals surface area contributed by atoms with Crippen molar-refractivity contribution in [1.82, 2.24) is 0 Å². The second-order valence-corrected chi connectivity index (χ2v) is 12.6. The molecule has 2 aromatic heterocycles. The van der Waals surface area contributed by atoms with E-state index >= 15 is 0 Å². The van der Waals surface area contributed by atoms with Crippen LogP contribution in [0.5, 0.6) is 0 Å². The molecule has 0 unspecified atom stereocenters. The summed E-state index contributed by atoms with van der Waals surface area (Å²) in [6.45, 7) is 0. The smallest absolute Gasteiger partial charge is 0.0362 e. The van der Waals surface area contributed by atoms with Crippen molar-refractivity contribution in [3.63, 3.8) is 0 Å². The van der Waals surface area contributed by atoms with Gasteiger partial charge in [-0.05, 0) is 74.1 Å². The Morgan fingerprint density at radius 2 is 0.725 bits per heavy atom. The molecule has 9 aromatic rings. The van der Waals surface area contributed by atoms with Crippen molar-refractivity contribution in [2.75, 3.05) is 0 Å². The van der Waals surface area contributed by atoms with Gasteiger partial charge in [-0.1, -0.05) is 103 Å². The van der Waals surface area contributed by atoms with E-state index in [0.717, 1.165) is 0 Å². The molecule has 2 heterocycles. The molecule has 0 aliphatic heterocycles. The molecule has 9 rings (SSSR count). The van der Waals surface area contributed by atoms with Crippen LogP contribution in [-0.2, 0) is 0 Å². The van der Waals surface area contributed by atoms with Crippen LogP contribution < -0.4 is 0 Å². The van der Waals surface area contributed by atoms with Crippen LogP contribution in [0.1, 0.15) is 0 Å². The van der Waals surface area contributed by atoms with E-state index < -0.39 is 0 Å². The van der Waals surface area contributed by atoms with E-state index in [1.165, 1.54) is 84.1 Å². The van der Waals surface area contributed by atoms with Crippen LogP contribution in [0.15, 0.2) is 133 Å². The topological polar surface area (TPSA) is 0 Å². The molecule has 186 valence electrons. The zero-order chi connectivity index (χ0) is 26.2. The Balaban J connectivity index is 1.36. The monoisotopic (exact) mass is 542 g/mol. The maximum Gasteiger partial charge on any atom is 0.0362 e. The van der Waals surface area contributed by atoms with Gasteiger partial charge in [0, 0.05) is 40.3 Å². The standard InChI is InChI=1S/C38H22S2/c1-2-10-23(11-3-1)37-26-13-4-6-15-28(26)38(29-16-7-5-14-27(29)37)24-18-19-34-30(20-24)32-22-35-31(21-36(32)40-34)25-12-8-9-17-33(25)39-35/h1-22H. The first kappa shape index (κ1) is 22.3. The largest absolute Gasteiger partial charge is 0.135 e. The van der Waals surface area contributed by atoms with Crippen molar-refractivity contribution in [3.8, 4) is 22.3 Å². The van der Waals surface area contributed by atoms with Gasteiger partial charge in [-0.3, -0.25) is 0 Å². The molecule has 2 heteroatoms. The van der Waals surface area contributed by atoms with Crippen molar-refractivity contribution in [3.05, 3.63) is 133 Å². The van der Waals surface area contributed by atoms with Crippen molar-refractivity contribution < 1.29 is 0 Å². The van der Waals surface area contributed by atoms with E-state index in [0.29, 0.717) is 0 Å². The van der Waals surface area contributed by atoms with Crippen LogP contribution in [0, 0.1) is 0 Å². The summed E-state index contributed by atoms with van der Waals surface area (Å²) in [5.41, 5.74) is 5.16. The Morgan fingerprint density at radius 1 is 0.275 bits per heavy atom. The van der Waals surface area contributed by atoms with E-state index in [-0.39, 0.29) is 0 Å². The Bertz CT molecular complexity index is 2370. The average molecular weight is 543 g/mol. The van der Waals surface area contributed by atoms with E-state index in [1.54, 1.807) is 0 Å². The lowest BCUT2D eigenvalue weighted by Crippen LogP contribution is -1.90. The molecule has 0 saturated heterocycles. The summed E-state index contributed by atoms with van der Waals surface area (Å²) in [6, 6.07) is 49.3. The van der Waals surface area contributed by atoms with Gasteiger partial charge in [-0.15, -0.1) is 22.7 Å². The SMILES string of the molecule is c1ccc(-c2c3ccccc3c(-c3ccc4sc5cc6c(cc5c4c3)sc3ccccc36)c3ccccc23)cc1. The molecule has 0 saturated carbocycles. The lowest BCUT2D eigenvalue weighted by Gasteiger charge is -2.17. The molecular formula is C38H22S2. The van der Waals surface area contributed by atoms with Gasteiger partial charge in [0.25, 0.3) is 0 Å². The van der Waals surface area contributed by atoms with Gasteiger partial charge in [0.2, 0.25) is 0 Å². The molecule has 0 aliphatic carbocycles. The predicted octanol–water partition coefficient (Wildman–Crippen LogP) is 12.1. The number of fused-ring (bicyclic) bond motifs is 8. The summed E-state index contributed by atoms with van der Waals surface area (Å²) in [6.07, 6.45) is 0. The van der Waals surface area contributed by atoms with E-state index in [4.69, 9.17) is 0 Å². The van der Waals surface area contributed by atoms with E-state index in [1.807, 2.05) is 22.7 Å². The molecule has 7 aromatic carbocycles. The fourth-order valence-corrected chi connectivity index (χ4v) is 8.74. The third-order valence-corrected chi connectivity index (χ3v) is 10.5. The van der Waals surface area contributed by atoms with Crippen LogP contribution >= 0.6 is 22.7 Å². The van der Waals surface area contributed by atoms with Gasteiger partial charge in [-0.2, -0.15) is 0 Å². The summed E-state index contributed by atoms with van der Waals surface area (Å²) in [5, 5.41) is 10.6. The third-order valence-electron chi connectivity index (χ3n) is 8.25. The van der Waals surface area contributed by atoms with E-state index in [2.05, 4.69) is 133 Å². The summed E-state index contributed by atoms with van der Waals surface area (Å²) in [7, 11) is 0. The molecular weight excluding hydrogens is 521 g/mol. The summed E-state index contributed by atoms with van der Waals surface area (Å²) in [4.78, 5) is 0. The van der Waals surface area contributed by atoms with Gasteiger partial charge in [0.05, 0.1) is 0 Å². The van der Waals surface area contributed by atoms with Crippen LogP contribution in [0.25, 0.3) is 84.1 Å². The van der Waals surface area contributed by atoms with Crippen LogP contribution in [0.3, 0.4) is 0 Å². The minimum Gasteiger partial charge on any atom is -0.135 e. The third kappa shape index (κ3) is 3.18. The normalized spacial score (nSPS) is 12.0. The van der Waals surface area contributed by atoms with Gasteiger partial charge >= 0.3 is 0 Å². The first-order chi connectivity index (χ1) is 19.8. The van der Waals surface area contributed by atoms with Crippen LogP contribution in [0.2, 0.25) is 0 Å². The van der Waals surface area contributed by atoms with Crippen LogP contribution in [0.4, 0.5) is 0 Å². The molecule has 0 N–H and O–H groups in total. The van der Waals surface area contributed by atoms with Crippen molar-refractivity contribution in [2.24, 2.45) is 0 Å². The zero-order valence-electron chi connectivity index (χ0n) is 21.5. The minimum absolute atomic E-state index is 1.26. The molecule has 0 bridgehead atoms. The number of rotatable bonds is 2. The Hall–Kier alpha value is -4.50. The fourth-order valence-electron chi connectivity index (χ4n) is 6.51. The highest BCUT2D eigenvalue weighted by Crippen LogP contribution is 2.46. The number of benzene rings is 7. The quantitative estimate of drug-likeness (QED) is 0.191. The molecule has 0 radical (unpaired) electrons. The van der Waals surface area contributed by atoms with E-state index in [9.17, 15) is 0 Å². The fraction of sp³-hybridized carbons (Fsp3) is 0. The Morgan fingerprint density at radius 3 is 1.35 bits per heavy atom. The van der Waals surface area contributed by atoms with Crippen molar-refractivity contribution in [2.45, 2.75) is 0 Å². The lowest BCUT2D eigenvalue weighted by molar-refractivity contribution is 1.66. The average Bonchev–Trinajstić information content (AvgIpc) is 3.56. The predicted molar refractivity (Wildman–Crippen MR) is 178 cm³/mol. The molecule has 0 fully saturated rings. The molecule has 0 atom stereocenters. The summed E-state index contributed by atoms with van der Waals surface area (Å²) in [5.74, 6) is 0. The van der Waals surface area contributed by atoms with Gasteiger partial charge in [0.15, 0.2) is 0 Å². The first-order valence-corrected chi connectivity index (χ1v) is 15.2. The molecule has 0 nitrogen and oxygen atoms in total. The van der Waals surface area contributed by atoms with Crippen molar-refractivity contribution in [1.29, 1.82) is 0 Å². The second-order valence-electron chi connectivity index (χ2n) is 10.5. The Kier molecular flexibility index (Phi) is 4.74. The maximum absolute atomic E-state index is 2.43. The van der Waals surface area contributed by atoms with Gasteiger partial charge < -0.3 is 0 Å². The first-order valence-electron chi connectivity index (χ1n) is 13.6. The van der Waals surface area contributed by atoms with Crippen molar-refractivity contribution >= 4 is 84.6 Å². The second kappa shape index (κ2) is 8.50. The number of thiophene rings is 2. The zero-order valence-corrected chi connectivity index (χ0v) is 23.2. The highest BCUT2D eigenvalue weighted by molar-refractivity contribution is 7.27. The molecule has 0 amide bonds. The lowest BCUT2D eigenvalue weighted by atomic mass is 9.86. The molecule has 40 heavy (non-hydrogen) atoms. The van der Waals surface area contributed by atoms with Gasteiger partial charge in [-0.25, -0.2) is 0 Å². The minimum atomic E-state index is 1.26. The Labute approximate surface area is 239 Å². The number of hydrogen-bond acceptors (Lipinski definition) is 2.